The first-order valence-electron chi connectivity index (χ1n) is 9.30. The van der Waals surface area contributed by atoms with E-state index in [-0.39, 0.29) is 6.03 Å². The zero-order valence-corrected chi connectivity index (χ0v) is 16.6. The van der Waals surface area contributed by atoms with Gasteiger partial charge in [0.25, 0.3) is 0 Å². The number of nitrogens with one attached hydrogen (secondary N) is 2. The Balaban J connectivity index is 1.68. The van der Waals surface area contributed by atoms with Crippen LogP contribution in [0.15, 0.2) is 24.5 Å². The first-order valence-corrected chi connectivity index (χ1v) is 10.1. The van der Waals surface area contributed by atoms with Gasteiger partial charge in [0.15, 0.2) is 5.13 Å². The highest BCUT2D eigenvalue weighted by atomic mass is 32.1. The molecular weight excluding hydrogens is 397 g/mol. The Morgan fingerprint density at radius 1 is 1.38 bits per heavy atom. The van der Waals surface area contributed by atoms with E-state index in [1.54, 1.807) is 12.3 Å². The van der Waals surface area contributed by atoms with E-state index in [9.17, 15) is 9.18 Å². The summed E-state index contributed by atoms with van der Waals surface area (Å²) >= 11 is 1.24. The van der Waals surface area contributed by atoms with Crippen LogP contribution in [0.3, 0.4) is 0 Å². The van der Waals surface area contributed by atoms with E-state index in [1.165, 1.54) is 17.4 Å². The van der Waals surface area contributed by atoms with Gasteiger partial charge in [-0.15, -0.1) is 0 Å². The van der Waals surface area contributed by atoms with Crippen molar-refractivity contribution in [1.29, 1.82) is 0 Å². The van der Waals surface area contributed by atoms with Gasteiger partial charge < -0.3 is 14.8 Å². The molecule has 1 saturated heterocycles. The number of anilines is 1. The van der Waals surface area contributed by atoms with Crippen molar-refractivity contribution in [3.8, 4) is 17.0 Å². The quantitative estimate of drug-likeness (QED) is 0.638. The van der Waals surface area contributed by atoms with Crippen LogP contribution in [0.25, 0.3) is 21.5 Å². The third-order valence-corrected chi connectivity index (χ3v) is 5.28. The van der Waals surface area contributed by atoms with Gasteiger partial charge in [-0.2, -0.15) is 0 Å². The molecule has 1 unspecified atom stereocenters. The van der Waals surface area contributed by atoms with Crippen molar-refractivity contribution in [1.82, 2.24) is 20.3 Å². The number of hydrogen-bond donors (Lipinski definition) is 2. The van der Waals surface area contributed by atoms with Crippen molar-refractivity contribution < 1.29 is 18.7 Å². The smallest absolute Gasteiger partial charge is 0.321 e. The molecule has 1 aliphatic heterocycles. The van der Waals surface area contributed by atoms with Crippen LogP contribution in [0, 0.1) is 11.7 Å². The molecule has 1 fully saturated rings. The fourth-order valence-corrected chi connectivity index (χ4v) is 3.80. The second-order valence-corrected chi connectivity index (χ2v) is 7.58. The Labute approximate surface area is 170 Å². The lowest BCUT2D eigenvalue weighted by molar-refractivity contribution is 0.166. The molecular formula is C19H20FN5O3S. The molecule has 0 spiro atoms. The minimum absolute atomic E-state index is 0.294. The minimum atomic E-state index is -0.449. The molecule has 0 saturated carbocycles. The molecule has 29 heavy (non-hydrogen) atoms. The molecule has 4 heterocycles. The van der Waals surface area contributed by atoms with Gasteiger partial charge in [-0.3, -0.25) is 10.3 Å². The summed E-state index contributed by atoms with van der Waals surface area (Å²) in [5.74, 6) is 0.224. The summed E-state index contributed by atoms with van der Waals surface area (Å²) in [5.41, 5.74) is 1.72. The number of thiazole rings is 1. The molecule has 1 aliphatic rings. The summed E-state index contributed by atoms with van der Waals surface area (Å²) in [4.78, 5) is 25.3. The highest BCUT2D eigenvalue weighted by molar-refractivity contribution is 7.22. The molecule has 3 aromatic rings. The molecule has 0 bridgehead atoms. The maximum atomic E-state index is 13.7. The van der Waals surface area contributed by atoms with E-state index >= 15 is 0 Å². The van der Waals surface area contributed by atoms with Crippen molar-refractivity contribution in [3.05, 3.63) is 30.3 Å². The lowest BCUT2D eigenvalue weighted by Gasteiger charge is -2.13. The van der Waals surface area contributed by atoms with Gasteiger partial charge in [0.2, 0.25) is 5.88 Å². The summed E-state index contributed by atoms with van der Waals surface area (Å²) in [6.45, 7) is 4.18. The first kappa shape index (κ1) is 19.5. The Bertz CT molecular complexity index is 1020. The van der Waals surface area contributed by atoms with E-state index in [4.69, 9.17) is 9.47 Å². The average Bonchev–Trinajstić information content (AvgIpc) is 3.34. The molecule has 3 aromatic heterocycles. The second-order valence-electron chi connectivity index (χ2n) is 6.60. The molecule has 2 N–H and O–H groups in total. The molecule has 152 valence electrons. The molecule has 0 aliphatic carbocycles. The number of carbonyl (C=O) groups is 1. The molecule has 10 heteroatoms. The van der Waals surface area contributed by atoms with Crippen molar-refractivity contribution in [3.63, 3.8) is 0 Å². The average molecular weight is 417 g/mol. The number of carbonyl (C=O) groups excluding carboxylic acids is 1. The maximum absolute atomic E-state index is 13.7. The van der Waals surface area contributed by atoms with Gasteiger partial charge in [0.1, 0.15) is 16.2 Å². The van der Waals surface area contributed by atoms with Gasteiger partial charge in [-0.05, 0) is 25.5 Å². The third-order valence-electron chi connectivity index (χ3n) is 4.40. The summed E-state index contributed by atoms with van der Waals surface area (Å²) in [6, 6.07) is 2.82. The van der Waals surface area contributed by atoms with E-state index < -0.39 is 5.82 Å². The largest absolute Gasteiger partial charge is 0.477 e. The maximum Gasteiger partial charge on any atom is 0.321 e. The van der Waals surface area contributed by atoms with Crippen molar-refractivity contribution >= 4 is 32.8 Å². The number of rotatable bonds is 6. The van der Waals surface area contributed by atoms with Crippen LogP contribution in [-0.4, -0.2) is 47.3 Å². The summed E-state index contributed by atoms with van der Waals surface area (Å²) in [5, 5.41) is 5.76. The number of hydrogen-bond acceptors (Lipinski definition) is 7. The topological polar surface area (TPSA) is 98.3 Å². The van der Waals surface area contributed by atoms with E-state index in [0.717, 1.165) is 19.2 Å². The van der Waals surface area contributed by atoms with Gasteiger partial charge in [0, 0.05) is 36.4 Å². The number of fused-ring (bicyclic) bond motifs is 1. The molecule has 0 radical (unpaired) electrons. The van der Waals surface area contributed by atoms with E-state index in [0.29, 0.717) is 58.2 Å². The van der Waals surface area contributed by atoms with Crippen LogP contribution in [0.5, 0.6) is 5.88 Å². The normalized spacial score (nSPS) is 16.1. The van der Waals surface area contributed by atoms with Gasteiger partial charge in [0.05, 0.1) is 19.4 Å². The Kier molecular flexibility index (Phi) is 5.81. The van der Waals surface area contributed by atoms with Gasteiger partial charge in [-0.1, -0.05) is 11.3 Å². The number of pyridine rings is 2. The lowest BCUT2D eigenvalue weighted by atomic mass is 10.1. The van der Waals surface area contributed by atoms with Crippen LogP contribution in [0.1, 0.15) is 13.3 Å². The second kappa shape index (κ2) is 8.66. The van der Waals surface area contributed by atoms with Gasteiger partial charge in [-0.25, -0.2) is 19.2 Å². The number of halogens is 1. The van der Waals surface area contributed by atoms with E-state index in [1.807, 2.05) is 6.92 Å². The zero-order chi connectivity index (χ0) is 20.2. The van der Waals surface area contributed by atoms with Crippen molar-refractivity contribution in [2.75, 3.05) is 31.7 Å². The summed E-state index contributed by atoms with van der Waals surface area (Å²) < 4.78 is 25.1. The van der Waals surface area contributed by atoms with Crippen molar-refractivity contribution in [2.45, 2.75) is 13.3 Å². The van der Waals surface area contributed by atoms with Crippen LogP contribution in [0.2, 0.25) is 0 Å². The third kappa shape index (κ3) is 4.60. The number of urea groups is 1. The number of ether oxygens (including phenoxy) is 2. The number of aromatic nitrogens is 3. The van der Waals surface area contributed by atoms with Crippen LogP contribution >= 0.6 is 11.3 Å². The van der Waals surface area contributed by atoms with Crippen LogP contribution in [-0.2, 0) is 4.74 Å². The van der Waals surface area contributed by atoms with Crippen LogP contribution in [0.4, 0.5) is 14.3 Å². The van der Waals surface area contributed by atoms with Crippen LogP contribution < -0.4 is 15.4 Å². The standard InChI is InChI=1S/C19H20FN5O3S/c1-2-22-18(26)25-19-23-15-6-14(12-5-13(20)8-21-7-12)16(24-17(15)29-19)28-10-11-3-4-27-9-11/h5-8,11H,2-4,9-10H2,1H3,(H2,22,23,25,26). The minimum Gasteiger partial charge on any atom is -0.477 e. The van der Waals surface area contributed by atoms with Gasteiger partial charge >= 0.3 is 6.03 Å². The number of nitrogens with zero attached hydrogens (tertiary/aromatic N) is 3. The highest BCUT2D eigenvalue weighted by Crippen LogP contribution is 2.35. The fourth-order valence-electron chi connectivity index (χ4n) is 2.99. The Hall–Kier alpha value is -2.85. The predicted molar refractivity (Wildman–Crippen MR) is 108 cm³/mol. The molecule has 0 aromatic carbocycles. The monoisotopic (exact) mass is 417 g/mol. The highest BCUT2D eigenvalue weighted by Gasteiger charge is 2.20. The van der Waals surface area contributed by atoms with Crippen molar-refractivity contribution in [2.24, 2.45) is 5.92 Å². The molecule has 1 atom stereocenters. The first-order chi connectivity index (χ1) is 14.1. The number of amides is 2. The van der Waals surface area contributed by atoms with E-state index in [2.05, 4.69) is 25.6 Å². The Morgan fingerprint density at radius 2 is 2.28 bits per heavy atom. The summed E-state index contributed by atoms with van der Waals surface area (Å²) in [6.07, 6.45) is 3.63. The lowest BCUT2D eigenvalue weighted by Crippen LogP contribution is -2.28. The molecule has 2 amide bonds. The molecule has 4 rings (SSSR count). The SMILES string of the molecule is CCNC(=O)Nc1nc2cc(-c3cncc(F)c3)c(OCC3CCOC3)nc2s1. The predicted octanol–water partition coefficient (Wildman–Crippen LogP) is 3.45. The zero-order valence-electron chi connectivity index (χ0n) is 15.8. The Morgan fingerprint density at radius 3 is 3.03 bits per heavy atom. The summed E-state index contributed by atoms with van der Waals surface area (Å²) in [7, 11) is 0. The molecule has 8 nitrogen and oxygen atoms in total. The fraction of sp³-hybridized carbons (Fsp3) is 0.368.